The monoisotopic (exact) mass is 454 g/mol. The molecule has 7 nitrogen and oxygen atoms in total. The summed E-state index contributed by atoms with van der Waals surface area (Å²) in [6, 6.07) is 12.0. The van der Waals surface area contributed by atoms with Crippen LogP contribution in [0.25, 0.3) is 11.4 Å². The summed E-state index contributed by atoms with van der Waals surface area (Å²) in [4.78, 5) is 14.4. The van der Waals surface area contributed by atoms with Gasteiger partial charge in [-0.1, -0.05) is 31.5 Å². The Hall–Kier alpha value is -2.74. The summed E-state index contributed by atoms with van der Waals surface area (Å²) in [5.74, 6) is 3.30. The van der Waals surface area contributed by atoms with Crippen molar-refractivity contribution in [1.82, 2.24) is 19.7 Å². The number of amides is 1. The van der Waals surface area contributed by atoms with Crippen LogP contribution in [0.5, 0.6) is 5.75 Å². The average molecular weight is 455 g/mol. The summed E-state index contributed by atoms with van der Waals surface area (Å²) in [6.45, 7) is 2.76. The quantitative estimate of drug-likeness (QED) is 0.444. The van der Waals surface area contributed by atoms with E-state index in [1.54, 1.807) is 25.3 Å². The number of rotatable bonds is 8. The molecule has 1 aliphatic rings. The predicted octanol–water partition coefficient (Wildman–Crippen LogP) is 5.05. The van der Waals surface area contributed by atoms with Crippen LogP contribution >= 0.6 is 11.8 Å². The van der Waals surface area contributed by atoms with Gasteiger partial charge in [0.05, 0.1) is 25.7 Å². The lowest BCUT2D eigenvalue weighted by Gasteiger charge is -2.31. The number of carbonyl (C=O) groups is 1. The van der Waals surface area contributed by atoms with Crippen molar-refractivity contribution in [2.45, 2.75) is 50.4 Å². The number of nitrogens with zero attached hydrogens (tertiary/aromatic N) is 4. The largest absolute Gasteiger partial charge is 0.497 e. The van der Waals surface area contributed by atoms with Gasteiger partial charge < -0.3 is 14.1 Å². The Morgan fingerprint density at radius 2 is 2.00 bits per heavy atom. The van der Waals surface area contributed by atoms with Crippen molar-refractivity contribution in [3.8, 4) is 17.1 Å². The zero-order valence-corrected chi connectivity index (χ0v) is 19.7. The highest BCUT2D eigenvalue weighted by Gasteiger charge is 2.29. The van der Waals surface area contributed by atoms with E-state index >= 15 is 0 Å². The second kappa shape index (κ2) is 10.3. The molecule has 0 spiro atoms. The van der Waals surface area contributed by atoms with E-state index in [1.807, 2.05) is 36.4 Å². The van der Waals surface area contributed by atoms with Gasteiger partial charge in [0, 0.05) is 18.7 Å². The van der Waals surface area contributed by atoms with Gasteiger partial charge in [-0.25, -0.2) is 0 Å². The first kappa shape index (κ1) is 22.5. The van der Waals surface area contributed by atoms with Crippen LogP contribution < -0.4 is 4.74 Å². The number of methoxy groups -OCH3 is 1. The number of hydrogen-bond donors (Lipinski definition) is 0. The minimum atomic E-state index is 0.0311. The van der Waals surface area contributed by atoms with Crippen LogP contribution in [0.1, 0.15) is 44.4 Å². The Morgan fingerprint density at radius 3 is 2.69 bits per heavy atom. The summed E-state index contributed by atoms with van der Waals surface area (Å²) >= 11 is 1.46. The molecule has 1 fully saturated rings. The first-order chi connectivity index (χ1) is 15.6. The fourth-order valence-electron chi connectivity index (χ4n) is 4.25. The number of aromatic nitrogens is 3. The normalized spacial score (nSPS) is 18.5. The van der Waals surface area contributed by atoms with Gasteiger partial charge in [0.1, 0.15) is 11.5 Å². The molecule has 0 saturated heterocycles. The van der Waals surface area contributed by atoms with Crippen LogP contribution in [0, 0.1) is 5.92 Å². The van der Waals surface area contributed by atoms with Gasteiger partial charge in [0.15, 0.2) is 11.0 Å². The lowest BCUT2D eigenvalue weighted by molar-refractivity contribution is -0.127. The Balaban J connectivity index is 1.55. The number of benzene rings is 1. The third kappa shape index (κ3) is 5.01. The van der Waals surface area contributed by atoms with Crippen molar-refractivity contribution in [3.05, 3.63) is 48.4 Å². The molecular weight excluding hydrogens is 424 g/mol. The smallest absolute Gasteiger partial charge is 0.233 e. The molecule has 2 heterocycles. The third-order valence-electron chi connectivity index (χ3n) is 6.13. The molecule has 1 amide bonds. The minimum absolute atomic E-state index is 0.0311. The minimum Gasteiger partial charge on any atom is -0.497 e. The molecule has 3 aromatic rings. The second-order valence-electron chi connectivity index (χ2n) is 8.35. The molecule has 0 unspecified atom stereocenters. The lowest BCUT2D eigenvalue weighted by Crippen LogP contribution is -2.28. The second-order valence-corrected chi connectivity index (χ2v) is 9.29. The maximum atomic E-state index is 12.7. The first-order valence-electron chi connectivity index (χ1n) is 11.0. The van der Waals surface area contributed by atoms with E-state index in [2.05, 4.69) is 21.7 Å². The molecule has 2 atom stereocenters. The Bertz CT molecular complexity index is 1020. The van der Waals surface area contributed by atoms with E-state index in [4.69, 9.17) is 9.15 Å². The Kier molecular flexibility index (Phi) is 7.19. The number of carbonyl (C=O) groups excluding carboxylic acids is 1. The molecular formula is C24H30N4O3S. The summed E-state index contributed by atoms with van der Waals surface area (Å²) in [5, 5.41) is 9.85. The standard InChI is InChI=1S/C24H30N4O3S/c1-17-7-4-5-9-21(17)28-23(18-10-12-19(30-3)13-11-18)25-26-24(28)32-16-22(29)27(2)15-20-8-6-14-31-20/h6,8,10-14,17,21H,4-5,7,9,15-16H2,1-3H3/t17-,21+/m1/s1. The Morgan fingerprint density at radius 1 is 1.22 bits per heavy atom. The molecule has 2 aromatic heterocycles. The number of ether oxygens (including phenoxy) is 1. The first-order valence-corrected chi connectivity index (χ1v) is 12.0. The lowest BCUT2D eigenvalue weighted by atomic mass is 9.85. The average Bonchev–Trinajstić information content (AvgIpc) is 3.48. The molecule has 0 aliphatic heterocycles. The maximum absolute atomic E-state index is 12.7. The molecule has 32 heavy (non-hydrogen) atoms. The fourth-order valence-corrected chi connectivity index (χ4v) is 5.19. The van der Waals surface area contributed by atoms with Gasteiger partial charge in [0.2, 0.25) is 5.91 Å². The van der Waals surface area contributed by atoms with Crippen molar-refractivity contribution >= 4 is 17.7 Å². The van der Waals surface area contributed by atoms with Gasteiger partial charge >= 0.3 is 0 Å². The molecule has 8 heteroatoms. The van der Waals surface area contributed by atoms with Gasteiger partial charge in [-0.2, -0.15) is 0 Å². The molecule has 1 aromatic carbocycles. The van der Waals surface area contributed by atoms with Crippen LogP contribution in [0.2, 0.25) is 0 Å². The molecule has 0 radical (unpaired) electrons. The van der Waals surface area contributed by atoms with Gasteiger partial charge in [-0.05, 0) is 55.2 Å². The molecule has 0 N–H and O–H groups in total. The predicted molar refractivity (Wildman–Crippen MR) is 125 cm³/mol. The molecule has 0 bridgehead atoms. The topological polar surface area (TPSA) is 73.4 Å². The van der Waals surface area contributed by atoms with E-state index in [-0.39, 0.29) is 5.91 Å². The van der Waals surface area contributed by atoms with E-state index < -0.39 is 0 Å². The van der Waals surface area contributed by atoms with E-state index in [9.17, 15) is 4.79 Å². The number of hydrogen-bond acceptors (Lipinski definition) is 6. The zero-order chi connectivity index (χ0) is 22.5. The number of thioether (sulfide) groups is 1. The summed E-state index contributed by atoms with van der Waals surface area (Å²) in [5.41, 5.74) is 1.00. The van der Waals surface area contributed by atoms with Crippen LogP contribution in [-0.4, -0.2) is 45.5 Å². The van der Waals surface area contributed by atoms with E-state index in [0.29, 0.717) is 24.3 Å². The molecule has 4 rings (SSSR count). The van der Waals surface area contributed by atoms with Crippen molar-refractivity contribution in [2.24, 2.45) is 5.92 Å². The van der Waals surface area contributed by atoms with Crippen LogP contribution in [0.3, 0.4) is 0 Å². The van der Waals surface area contributed by atoms with Crippen LogP contribution in [0.15, 0.2) is 52.2 Å². The van der Waals surface area contributed by atoms with Crippen molar-refractivity contribution < 1.29 is 13.9 Å². The molecule has 170 valence electrons. The highest BCUT2D eigenvalue weighted by Crippen LogP contribution is 2.39. The van der Waals surface area contributed by atoms with Crippen LogP contribution in [-0.2, 0) is 11.3 Å². The maximum Gasteiger partial charge on any atom is 0.233 e. The van der Waals surface area contributed by atoms with E-state index in [0.717, 1.165) is 34.5 Å². The van der Waals surface area contributed by atoms with Crippen LogP contribution in [0.4, 0.5) is 0 Å². The summed E-state index contributed by atoms with van der Waals surface area (Å²) < 4.78 is 12.9. The summed E-state index contributed by atoms with van der Waals surface area (Å²) in [6.07, 6.45) is 6.37. The highest BCUT2D eigenvalue weighted by molar-refractivity contribution is 7.99. The third-order valence-corrected chi connectivity index (χ3v) is 7.06. The van der Waals surface area contributed by atoms with Gasteiger partial charge in [-0.3, -0.25) is 9.36 Å². The van der Waals surface area contributed by atoms with E-state index in [1.165, 1.54) is 31.0 Å². The molecule has 1 aliphatic carbocycles. The fraction of sp³-hybridized carbons (Fsp3) is 0.458. The van der Waals surface area contributed by atoms with Crippen molar-refractivity contribution in [2.75, 3.05) is 19.9 Å². The SMILES string of the molecule is COc1ccc(-c2nnc(SCC(=O)N(C)Cc3ccco3)n2[C@H]2CCCC[C@H]2C)cc1. The van der Waals surface area contributed by atoms with Gasteiger partial charge in [-0.15, -0.1) is 10.2 Å². The Labute approximate surface area is 193 Å². The zero-order valence-electron chi connectivity index (χ0n) is 18.9. The van der Waals surface area contributed by atoms with Crippen molar-refractivity contribution in [1.29, 1.82) is 0 Å². The van der Waals surface area contributed by atoms with Gasteiger partial charge in [0.25, 0.3) is 0 Å². The van der Waals surface area contributed by atoms with Crippen molar-refractivity contribution in [3.63, 3.8) is 0 Å². The highest BCUT2D eigenvalue weighted by atomic mass is 32.2. The molecule has 1 saturated carbocycles. The number of furan rings is 1. The summed E-state index contributed by atoms with van der Waals surface area (Å²) in [7, 11) is 3.46.